The summed E-state index contributed by atoms with van der Waals surface area (Å²) in [6.07, 6.45) is 2.07. The lowest BCUT2D eigenvalue weighted by molar-refractivity contribution is 0.0584. The summed E-state index contributed by atoms with van der Waals surface area (Å²) < 4.78 is 5.39. The lowest BCUT2D eigenvalue weighted by Crippen LogP contribution is -2.27. The number of hydrogen-bond donors (Lipinski definition) is 2. The molecule has 3 nitrogen and oxygen atoms in total. The van der Waals surface area contributed by atoms with Crippen LogP contribution in [0.2, 0.25) is 0 Å². The third kappa shape index (κ3) is 3.06. The molecule has 0 spiro atoms. The summed E-state index contributed by atoms with van der Waals surface area (Å²) in [7, 11) is 0. The van der Waals surface area contributed by atoms with Gasteiger partial charge >= 0.3 is 0 Å². The van der Waals surface area contributed by atoms with Crippen molar-refractivity contribution in [1.29, 1.82) is 0 Å². The summed E-state index contributed by atoms with van der Waals surface area (Å²) in [4.78, 5) is 0. The van der Waals surface area contributed by atoms with Gasteiger partial charge in [0.25, 0.3) is 0 Å². The van der Waals surface area contributed by atoms with Gasteiger partial charge in [0.15, 0.2) is 0 Å². The fraction of sp³-hybridized carbons (Fsp3) is 0.375. The van der Waals surface area contributed by atoms with Gasteiger partial charge in [0.1, 0.15) is 5.75 Å². The summed E-state index contributed by atoms with van der Waals surface area (Å²) in [6.45, 7) is 1.64. The number of phenols is 1. The molecule has 3 N–H and O–H groups in total. The number of ether oxygens (including phenoxy) is 1. The molecule has 0 radical (unpaired) electrons. The first-order valence-corrected chi connectivity index (χ1v) is 6.80. The summed E-state index contributed by atoms with van der Waals surface area (Å²) >= 11 is 0. The Bertz CT molecular complexity index is 582. The van der Waals surface area contributed by atoms with Crippen molar-refractivity contribution in [3.05, 3.63) is 42.0 Å². The van der Waals surface area contributed by atoms with E-state index in [0.717, 1.165) is 36.8 Å². The fourth-order valence-corrected chi connectivity index (χ4v) is 2.81. The van der Waals surface area contributed by atoms with Gasteiger partial charge in [0.2, 0.25) is 0 Å². The third-order valence-corrected chi connectivity index (χ3v) is 4.01. The Morgan fingerprint density at radius 1 is 1.05 bits per heavy atom. The van der Waals surface area contributed by atoms with Crippen LogP contribution in [0.15, 0.2) is 36.4 Å². The van der Waals surface area contributed by atoms with E-state index in [9.17, 15) is 5.11 Å². The number of phenolic OH excluding ortho intramolecular Hbond substituents is 1. The van der Waals surface area contributed by atoms with Gasteiger partial charge in [-0.05, 0) is 53.3 Å². The number of benzene rings is 2. The standard InChI is InChI=1S/C16H19NO2.ClH/c17-16(11-5-7-19-8-6-11)14-2-1-13-10-15(18)4-3-12(13)9-14;/h1-4,9-11,16,18H,5-8,17H2;1H/t16-;/m1./s1. The normalized spacial score (nSPS) is 17.6. The summed E-state index contributed by atoms with van der Waals surface area (Å²) in [6, 6.07) is 11.7. The van der Waals surface area contributed by atoms with E-state index in [2.05, 4.69) is 12.1 Å². The highest BCUT2D eigenvalue weighted by Crippen LogP contribution is 2.30. The van der Waals surface area contributed by atoms with Crippen LogP contribution in [-0.4, -0.2) is 18.3 Å². The minimum absolute atomic E-state index is 0. The smallest absolute Gasteiger partial charge is 0.116 e. The Balaban J connectivity index is 0.00000147. The van der Waals surface area contributed by atoms with Crippen molar-refractivity contribution < 1.29 is 9.84 Å². The Morgan fingerprint density at radius 3 is 2.45 bits per heavy atom. The monoisotopic (exact) mass is 293 g/mol. The maximum Gasteiger partial charge on any atom is 0.116 e. The molecule has 1 aliphatic rings. The average Bonchev–Trinajstić information content (AvgIpc) is 2.47. The molecule has 0 unspecified atom stereocenters. The highest BCUT2D eigenvalue weighted by atomic mass is 35.5. The van der Waals surface area contributed by atoms with E-state index in [4.69, 9.17) is 10.5 Å². The minimum atomic E-state index is 0. The number of aromatic hydroxyl groups is 1. The van der Waals surface area contributed by atoms with E-state index in [1.807, 2.05) is 12.1 Å². The van der Waals surface area contributed by atoms with Crippen LogP contribution in [0.4, 0.5) is 0 Å². The predicted molar refractivity (Wildman–Crippen MR) is 83.3 cm³/mol. The second kappa shape index (κ2) is 6.44. The first kappa shape index (κ1) is 15.1. The minimum Gasteiger partial charge on any atom is -0.508 e. The van der Waals surface area contributed by atoms with Crippen LogP contribution in [0.25, 0.3) is 10.8 Å². The van der Waals surface area contributed by atoms with Crippen molar-refractivity contribution in [2.45, 2.75) is 18.9 Å². The lowest BCUT2D eigenvalue weighted by Gasteiger charge is -2.28. The number of fused-ring (bicyclic) bond motifs is 1. The molecular weight excluding hydrogens is 274 g/mol. The van der Waals surface area contributed by atoms with Crippen molar-refractivity contribution in [2.75, 3.05) is 13.2 Å². The molecule has 2 aromatic rings. The van der Waals surface area contributed by atoms with E-state index >= 15 is 0 Å². The lowest BCUT2D eigenvalue weighted by atomic mass is 9.87. The molecule has 0 aromatic heterocycles. The molecule has 1 aliphatic heterocycles. The van der Waals surface area contributed by atoms with Gasteiger partial charge in [0, 0.05) is 19.3 Å². The zero-order chi connectivity index (χ0) is 13.2. The van der Waals surface area contributed by atoms with Gasteiger partial charge in [-0.25, -0.2) is 0 Å². The van der Waals surface area contributed by atoms with Crippen LogP contribution in [0, 0.1) is 5.92 Å². The topological polar surface area (TPSA) is 55.5 Å². The molecular formula is C16H20ClNO2. The maximum absolute atomic E-state index is 9.47. The van der Waals surface area contributed by atoms with Crippen molar-refractivity contribution in [3.63, 3.8) is 0 Å². The Hall–Kier alpha value is -1.29. The maximum atomic E-state index is 9.47. The first-order valence-electron chi connectivity index (χ1n) is 6.80. The second-order valence-corrected chi connectivity index (χ2v) is 5.27. The Kier molecular flexibility index (Phi) is 4.86. The van der Waals surface area contributed by atoms with Gasteiger partial charge in [0.05, 0.1) is 0 Å². The molecule has 108 valence electrons. The van der Waals surface area contributed by atoms with Crippen LogP contribution >= 0.6 is 12.4 Å². The Labute approximate surface area is 125 Å². The van der Waals surface area contributed by atoms with Crippen LogP contribution < -0.4 is 5.73 Å². The van der Waals surface area contributed by atoms with Crippen LogP contribution in [0.3, 0.4) is 0 Å². The zero-order valence-electron chi connectivity index (χ0n) is 11.3. The van der Waals surface area contributed by atoms with E-state index in [1.54, 1.807) is 12.1 Å². The van der Waals surface area contributed by atoms with Crippen molar-refractivity contribution in [1.82, 2.24) is 0 Å². The van der Waals surface area contributed by atoms with E-state index < -0.39 is 0 Å². The molecule has 1 fully saturated rings. The van der Waals surface area contributed by atoms with Gasteiger partial charge < -0.3 is 15.6 Å². The SMILES string of the molecule is Cl.N[C@@H](c1ccc2cc(O)ccc2c1)C1CCOCC1. The third-order valence-electron chi connectivity index (χ3n) is 4.01. The van der Waals surface area contributed by atoms with Gasteiger partial charge in [-0.3, -0.25) is 0 Å². The molecule has 1 heterocycles. The van der Waals surface area contributed by atoms with Crippen molar-refractivity contribution in [3.8, 4) is 5.75 Å². The second-order valence-electron chi connectivity index (χ2n) is 5.27. The molecule has 2 aromatic carbocycles. The Morgan fingerprint density at radius 2 is 1.70 bits per heavy atom. The van der Waals surface area contributed by atoms with Crippen molar-refractivity contribution in [2.24, 2.45) is 11.7 Å². The predicted octanol–water partition coefficient (Wildman–Crippen LogP) is 3.39. The molecule has 0 aliphatic carbocycles. The summed E-state index contributed by atoms with van der Waals surface area (Å²) in [5, 5.41) is 11.6. The molecule has 1 atom stereocenters. The van der Waals surface area contributed by atoms with E-state index in [-0.39, 0.29) is 18.4 Å². The van der Waals surface area contributed by atoms with Crippen LogP contribution in [0.1, 0.15) is 24.4 Å². The first-order chi connectivity index (χ1) is 9.24. The van der Waals surface area contributed by atoms with Gasteiger partial charge in [-0.15, -0.1) is 12.4 Å². The molecule has 0 bridgehead atoms. The molecule has 0 saturated carbocycles. The average molecular weight is 294 g/mol. The van der Waals surface area contributed by atoms with Gasteiger partial charge in [-0.2, -0.15) is 0 Å². The highest BCUT2D eigenvalue weighted by Gasteiger charge is 2.22. The molecule has 0 amide bonds. The van der Waals surface area contributed by atoms with Crippen LogP contribution in [0.5, 0.6) is 5.75 Å². The number of hydrogen-bond acceptors (Lipinski definition) is 3. The molecule has 20 heavy (non-hydrogen) atoms. The highest BCUT2D eigenvalue weighted by molar-refractivity contribution is 5.85. The summed E-state index contributed by atoms with van der Waals surface area (Å²) in [5.74, 6) is 0.803. The largest absolute Gasteiger partial charge is 0.508 e. The zero-order valence-corrected chi connectivity index (χ0v) is 12.1. The fourth-order valence-electron chi connectivity index (χ4n) is 2.81. The molecule has 4 heteroatoms. The van der Waals surface area contributed by atoms with Crippen LogP contribution in [-0.2, 0) is 4.74 Å². The number of nitrogens with two attached hydrogens (primary N) is 1. The number of rotatable bonds is 2. The molecule has 1 saturated heterocycles. The quantitative estimate of drug-likeness (QED) is 0.892. The summed E-state index contributed by atoms with van der Waals surface area (Å²) in [5.41, 5.74) is 7.56. The van der Waals surface area contributed by atoms with E-state index in [1.165, 1.54) is 5.56 Å². The van der Waals surface area contributed by atoms with E-state index in [0.29, 0.717) is 11.7 Å². The van der Waals surface area contributed by atoms with Gasteiger partial charge in [-0.1, -0.05) is 18.2 Å². The molecule has 3 rings (SSSR count). The number of halogens is 1. The van der Waals surface area contributed by atoms with Crippen molar-refractivity contribution >= 4 is 23.2 Å².